The van der Waals surface area contributed by atoms with Gasteiger partial charge in [0.1, 0.15) is 0 Å². The molecule has 1 aromatic heterocycles. The van der Waals surface area contributed by atoms with Gasteiger partial charge in [-0.1, -0.05) is 70.2 Å². The number of rotatable bonds is 8. The average Bonchev–Trinajstić information content (AvgIpc) is 3.35. The van der Waals surface area contributed by atoms with Gasteiger partial charge in [-0.25, -0.2) is 0 Å². The van der Waals surface area contributed by atoms with Crippen molar-refractivity contribution in [2.75, 3.05) is 25.4 Å². The second-order valence-electron chi connectivity index (χ2n) is 10.3. The van der Waals surface area contributed by atoms with Crippen LogP contribution < -0.4 is 0 Å². The minimum atomic E-state index is -0.112. The number of hydrogen-bond donors (Lipinski definition) is 0. The zero-order valence-electron chi connectivity index (χ0n) is 21.7. The Morgan fingerprint density at radius 2 is 1.78 bits per heavy atom. The third-order valence-corrected chi connectivity index (χ3v) is 8.65. The molecule has 0 aliphatic carbocycles. The first kappa shape index (κ1) is 26.5. The Balaban J connectivity index is 1.53. The van der Waals surface area contributed by atoms with Gasteiger partial charge in [0.25, 0.3) is 0 Å². The maximum atomic E-state index is 13.7. The highest BCUT2D eigenvalue weighted by atomic mass is 32.2. The molecule has 2 amide bonds. The third-order valence-electron chi connectivity index (χ3n) is 6.66. The topological polar surface area (TPSA) is 40.6 Å². The molecule has 6 heteroatoms. The lowest BCUT2D eigenvalue weighted by Crippen LogP contribution is -2.47. The van der Waals surface area contributed by atoms with Gasteiger partial charge in [0.15, 0.2) is 0 Å². The van der Waals surface area contributed by atoms with Gasteiger partial charge in [-0.05, 0) is 58.5 Å². The zero-order valence-corrected chi connectivity index (χ0v) is 23.3. The van der Waals surface area contributed by atoms with Gasteiger partial charge in [-0.15, -0.1) is 23.1 Å². The number of thiophene rings is 1. The fraction of sp³-hybridized carbons (Fsp3) is 0.400. The van der Waals surface area contributed by atoms with Crippen LogP contribution in [0.3, 0.4) is 0 Å². The minimum absolute atomic E-state index is 0.0124. The Hall–Kier alpha value is -2.57. The van der Waals surface area contributed by atoms with Gasteiger partial charge in [0.2, 0.25) is 11.8 Å². The lowest BCUT2D eigenvalue weighted by atomic mass is 9.85. The molecule has 2 aromatic carbocycles. The highest BCUT2D eigenvalue weighted by molar-refractivity contribution is 8.00. The summed E-state index contributed by atoms with van der Waals surface area (Å²) in [7, 11) is 0. The fourth-order valence-corrected chi connectivity index (χ4v) is 6.41. The molecule has 0 saturated heterocycles. The van der Waals surface area contributed by atoms with Crippen molar-refractivity contribution in [1.82, 2.24) is 9.80 Å². The Bertz CT molecular complexity index is 1170. The number of hydrogen-bond acceptors (Lipinski definition) is 4. The van der Waals surface area contributed by atoms with Crippen LogP contribution in [0.1, 0.15) is 61.7 Å². The third kappa shape index (κ3) is 6.22. The lowest BCUT2D eigenvalue weighted by molar-refractivity contribution is -0.140. The highest BCUT2D eigenvalue weighted by Crippen LogP contribution is 2.38. The second-order valence-corrected chi connectivity index (χ2v) is 12.4. The molecular weight excluding hydrogens is 484 g/mol. The molecule has 190 valence electrons. The van der Waals surface area contributed by atoms with Gasteiger partial charge < -0.3 is 9.80 Å². The quantitative estimate of drug-likeness (QED) is 0.316. The molecule has 4 rings (SSSR count). The number of carbonyl (C=O) groups excluding carboxylic acids is 2. The SMILES string of the molecule is CCCN(CC(=O)N1CCc2sccc2C1c1ccc(C(C)(C)C)cc1)C(=O)CSc1ccccc1. The fourth-order valence-electron chi connectivity index (χ4n) is 4.68. The molecule has 1 aliphatic heterocycles. The highest BCUT2D eigenvalue weighted by Gasteiger charge is 2.34. The lowest BCUT2D eigenvalue weighted by Gasteiger charge is -2.38. The van der Waals surface area contributed by atoms with Crippen molar-refractivity contribution in [3.63, 3.8) is 0 Å². The molecule has 1 aliphatic rings. The average molecular weight is 521 g/mol. The van der Waals surface area contributed by atoms with Crippen molar-refractivity contribution < 1.29 is 9.59 Å². The van der Waals surface area contributed by atoms with Crippen LogP contribution in [0.5, 0.6) is 0 Å². The summed E-state index contributed by atoms with van der Waals surface area (Å²) in [6.45, 7) is 10.1. The van der Waals surface area contributed by atoms with E-state index in [2.05, 4.69) is 56.5 Å². The molecule has 0 saturated carbocycles. The molecule has 3 aromatic rings. The largest absolute Gasteiger partial charge is 0.333 e. The van der Waals surface area contributed by atoms with E-state index < -0.39 is 0 Å². The van der Waals surface area contributed by atoms with Crippen molar-refractivity contribution in [3.8, 4) is 0 Å². The van der Waals surface area contributed by atoms with E-state index in [0.29, 0.717) is 18.8 Å². The Labute approximate surface area is 223 Å². The molecule has 0 spiro atoms. The number of carbonyl (C=O) groups is 2. The Morgan fingerprint density at radius 1 is 1.06 bits per heavy atom. The summed E-state index contributed by atoms with van der Waals surface area (Å²) in [4.78, 5) is 33.0. The van der Waals surface area contributed by atoms with Crippen molar-refractivity contribution >= 4 is 34.9 Å². The first-order chi connectivity index (χ1) is 17.3. The Kier molecular flexibility index (Phi) is 8.58. The van der Waals surface area contributed by atoms with Gasteiger partial charge in [0, 0.05) is 22.9 Å². The maximum Gasteiger partial charge on any atom is 0.242 e. The van der Waals surface area contributed by atoms with Gasteiger partial charge in [0.05, 0.1) is 18.3 Å². The standard InChI is InChI=1S/C30H36N2O2S2/c1-5-17-31(28(34)21-36-24-9-7-6-8-10-24)20-27(33)32-18-15-26-25(16-19-35-26)29(32)22-11-13-23(14-12-22)30(2,3)4/h6-14,16,19,29H,5,15,17-18,20-21H2,1-4H3. The predicted molar refractivity (Wildman–Crippen MR) is 151 cm³/mol. The number of amides is 2. The van der Waals surface area contributed by atoms with E-state index >= 15 is 0 Å². The smallest absolute Gasteiger partial charge is 0.242 e. The van der Waals surface area contributed by atoms with Gasteiger partial charge in [-0.2, -0.15) is 0 Å². The normalized spacial score (nSPS) is 15.4. The van der Waals surface area contributed by atoms with Crippen LogP contribution in [0.15, 0.2) is 70.9 Å². The summed E-state index contributed by atoms with van der Waals surface area (Å²) in [6.07, 6.45) is 1.68. The van der Waals surface area contributed by atoms with Crippen LogP contribution in [0.4, 0.5) is 0 Å². The molecule has 0 N–H and O–H groups in total. The monoisotopic (exact) mass is 520 g/mol. The van der Waals surface area contributed by atoms with Crippen LogP contribution in [0.2, 0.25) is 0 Å². The van der Waals surface area contributed by atoms with Crippen molar-refractivity contribution in [3.05, 3.63) is 87.6 Å². The summed E-state index contributed by atoms with van der Waals surface area (Å²) in [6, 6.07) is 20.7. The first-order valence-electron chi connectivity index (χ1n) is 12.7. The van der Waals surface area contributed by atoms with Crippen molar-refractivity contribution in [2.24, 2.45) is 0 Å². The predicted octanol–water partition coefficient (Wildman–Crippen LogP) is 6.55. The summed E-state index contributed by atoms with van der Waals surface area (Å²) >= 11 is 3.29. The second kappa shape index (κ2) is 11.7. The molecular formula is C30H36N2O2S2. The molecule has 2 heterocycles. The number of thioether (sulfide) groups is 1. The van der Waals surface area contributed by atoms with Crippen LogP contribution in [0, 0.1) is 0 Å². The van der Waals surface area contributed by atoms with Crippen LogP contribution in [0.25, 0.3) is 0 Å². The van der Waals surface area contributed by atoms with Crippen LogP contribution in [-0.4, -0.2) is 47.0 Å². The van der Waals surface area contributed by atoms with E-state index in [1.807, 2.05) is 42.2 Å². The number of fused-ring (bicyclic) bond motifs is 1. The summed E-state index contributed by atoms with van der Waals surface area (Å²) < 4.78 is 0. The number of benzene rings is 2. The van der Waals surface area contributed by atoms with Crippen molar-refractivity contribution in [1.29, 1.82) is 0 Å². The first-order valence-corrected chi connectivity index (χ1v) is 14.6. The molecule has 0 radical (unpaired) electrons. The number of nitrogens with zero attached hydrogens (tertiary/aromatic N) is 2. The van der Waals surface area contributed by atoms with E-state index in [4.69, 9.17) is 0 Å². The van der Waals surface area contributed by atoms with E-state index in [9.17, 15) is 9.59 Å². The molecule has 36 heavy (non-hydrogen) atoms. The summed E-state index contributed by atoms with van der Waals surface area (Å²) in [5.41, 5.74) is 3.70. The van der Waals surface area contributed by atoms with Crippen LogP contribution in [-0.2, 0) is 21.4 Å². The molecule has 0 bridgehead atoms. The van der Waals surface area contributed by atoms with E-state index in [1.54, 1.807) is 16.2 Å². The molecule has 4 nitrogen and oxygen atoms in total. The van der Waals surface area contributed by atoms with Gasteiger partial charge >= 0.3 is 0 Å². The van der Waals surface area contributed by atoms with E-state index in [0.717, 1.165) is 23.3 Å². The zero-order chi connectivity index (χ0) is 25.7. The van der Waals surface area contributed by atoms with E-state index in [-0.39, 0.29) is 29.8 Å². The van der Waals surface area contributed by atoms with E-state index in [1.165, 1.54) is 27.8 Å². The summed E-state index contributed by atoms with van der Waals surface area (Å²) in [5, 5.41) is 2.13. The molecule has 0 fully saturated rings. The summed E-state index contributed by atoms with van der Waals surface area (Å²) in [5.74, 6) is 0.366. The van der Waals surface area contributed by atoms with Crippen molar-refractivity contribution in [2.45, 2.75) is 56.9 Å². The van der Waals surface area contributed by atoms with Gasteiger partial charge in [-0.3, -0.25) is 9.59 Å². The molecule has 1 atom stereocenters. The minimum Gasteiger partial charge on any atom is -0.333 e. The van der Waals surface area contributed by atoms with Crippen LogP contribution >= 0.6 is 23.1 Å². The Morgan fingerprint density at radius 3 is 2.44 bits per heavy atom. The molecule has 1 unspecified atom stereocenters. The maximum absolute atomic E-state index is 13.7.